The van der Waals surface area contributed by atoms with E-state index in [9.17, 15) is 4.79 Å². The van der Waals surface area contributed by atoms with E-state index >= 15 is 0 Å². The number of nitrogens with zero attached hydrogens (tertiary/aromatic N) is 3. The van der Waals surface area contributed by atoms with Crippen molar-refractivity contribution in [3.8, 4) is 0 Å². The maximum Gasteiger partial charge on any atom is 0.253 e. The van der Waals surface area contributed by atoms with Crippen LogP contribution in [0.1, 0.15) is 10.4 Å². The molecule has 2 aromatic rings. The van der Waals surface area contributed by atoms with Gasteiger partial charge in [-0.05, 0) is 24.3 Å². The van der Waals surface area contributed by atoms with Gasteiger partial charge >= 0.3 is 0 Å². The van der Waals surface area contributed by atoms with Crippen LogP contribution in [0.2, 0.25) is 0 Å². The normalized spacial score (nSPS) is 18.0. The Hall–Kier alpha value is -2.80. The molecule has 114 valence electrons. The third kappa shape index (κ3) is 2.35. The van der Waals surface area contributed by atoms with Crippen LogP contribution in [0.25, 0.3) is 4.85 Å². The number of hydrogen-bond acceptors (Lipinski definition) is 2. The molecule has 4 rings (SSSR count). The molecular formula is C19H17N3O. The summed E-state index contributed by atoms with van der Waals surface area (Å²) in [5, 5.41) is 0. The van der Waals surface area contributed by atoms with E-state index < -0.39 is 0 Å². The highest BCUT2D eigenvalue weighted by atomic mass is 16.2. The van der Waals surface area contributed by atoms with Crippen LogP contribution in [0.4, 0.5) is 11.4 Å². The molecular weight excluding hydrogens is 286 g/mol. The molecule has 0 saturated carbocycles. The highest BCUT2D eigenvalue weighted by Crippen LogP contribution is 2.42. The number of amides is 1. The SMILES string of the molecule is [C-]#[N+]c1ccc(N2CC3(CN(C(=O)c4ccccc4)C3)C2)cc1. The lowest BCUT2D eigenvalue weighted by atomic mass is 9.72. The van der Waals surface area contributed by atoms with Crippen LogP contribution in [0.15, 0.2) is 54.6 Å². The molecule has 2 heterocycles. The summed E-state index contributed by atoms with van der Waals surface area (Å²) in [6, 6.07) is 17.2. The summed E-state index contributed by atoms with van der Waals surface area (Å²) < 4.78 is 0. The Bertz CT molecular complexity index is 763. The molecule has 2 aromatic carbocycles. The molecule has 0 aliphatic carbocycles. The zero-order valence-corrected chi connectivity index (χ0v) is 12.8. The minimum absolute atomic E-state index is 0.135. The molecule has 0 unspecified atom stereocenters. The molecule has 4 heteroatoms. The van der Waals surface area contributed by atoms with Crippen LogP contribution in [0.3, 0.4) is 0 Å². The van der Waals surface area contributed by atoms with Crippen LogP contribution in [0, 0.1) is 12.0 Å². The number of carbonyl (C=O) groups excluding carboxylic acids is 1. The molecule has 0 bridgehead atoms. The summed E-state index contributed by atoms with van der Waals surface area (Å²) >= 11 is 0. The van der Waals surface area contributed by atoms with Crippen molar-refractivity contribution in [1.29, 1.82) is 0 Å². The van der Waals surface area contributed by atoms with Crippen molar-refractivity contribution in [2.75, 3.05) is 31.1 Å². The number of rotatable bonds is 2. The highest BCUT2D eigenvalue weighted by molar-refractivity contribution is 5.94. The lowest BCUT2D eigenvalue weighted by Gasteiger charge is -2.61. The Balaban J connectivity index is 1.34. The van der Waals surface area contributed by atoms with Gasteiger partial charge in [0.2, 0.25) is 0 Å². The molecule has 1 spiro atoms. The van der Waals surface area contributed by atoms with Crippen molar-refractivity contribution in [2.45, 2.75) is 0 Å². The summed E-state index contributed by atoms with van der Waals surface area (Å²) in [5.41, 5.74) is 2.87. The lowest BCUT2D eigenvalue weighted by Crippen LogP contribution is -2.73. The first-order valence-corrected chi connectivity index (χ1v) is 7.76. The van der Waals surface area contributed by atoms with Gasteiger partial charge in [0, 0.05) is 42.8 Å². The van der Waals surface area contributed by atoms with Crippen molar-refractivity contribution in [3.63, 3.8) is 0 Å². The fourth-order valence-corrected chi connectivity index (χ4v) is 3.55. The van der Waals surface area contributed by atoms with Crippen molar-refractivity contribution < 1.29 is 4.79 Å². The standard InChI is InChI=1S/C19H17N3O/c1-20-16-7-9-17(10-8-16)21-11-19(12-21)13-22(14-19)18(23)15-5-3-2-4-6-15/h2-10H,11-14H2. The molecule has 0 radical (unpaired) electrons. The van der Waals surface area contributed by atoms with E-state index in [1.807, 2.05) is 59.5 Å². The average molecular weight is 303 g/mol. The summed E-state index contributed by atoms with van der Waals surface area (Å²) in [5.74, 6) is 0.135. The van der Waals surface area contributed by atoms with E-state index in [2.05, 4.69) is 9.74 Å². The van der Waals surface area contributed by atoms with Gasteiger partial charge in [-0.3, -0.25) is 4.79 Å². The molecule has 23 heavy (non-hydrogen) atoms. The van der Waals surface area contributed by atoms with E-state index in [0.717, 1.165) is 37.4 Å². The van der Waals surface area contributed by atoms with Crippen molar-refractivity contribution in [3.05, 3.63) is 71.6 Å². The Morgan fingerprint density at radius 1 is 0.957 bits per heavy atom. The number of hydrogen-bond donors (Lipinski definition) is 0. The topological polar surface area (TPSA) is 27.9 Å². The van der Waals surface area contributed by atoms with E-state index in [1.165, 1.54) is 0 Å². The van der Waals surface area contributed by atoms with Gasteiger partial charge in [0.15, 0.2) is 5.69 Å². The summed E-state index contributed by atoms with van der Waals surface area (Å²) in [7, 11) is 0. The lowest BCUT2D eigenvalue weighted by molar-refractivity contribution is -0.0104. The minimum Gasteiger partial charge on any atom is -0.370 e. The monoisotopic (exact) mass is 303 g/mol. The van der Waals surface area contributed by atoms with Crippen LogP contribution in [0.5, 0.6) is 0 Å². The minimum atomic E-state index is 0.135. The average Bonchev–Trinajstić information content (AvgIpc) is 2.53. The maximum atomic E-state index is 12.4. The van der Waals surface area contributed by atoms with Gasteiger partial charge in [-0.15, -0.1) is 0 Å². The fraction of sp³-hybridized carbons (Fsp3) is 0.263. The van der Waals surface area contributed by atoms with Crippen LogP contribution in [-0.4, -0.2) is 37.0 Å². The van der Waals surface area contributed by atoms with E-state index in [0.29, 0.717) is 5.69 Å². The zero-order valence-electron chi connectivity index (χ0n) is 12.8. The highest BCUT2D eigenvalue weighted by Gasteiger charge is 2.53. The molecule has 4 nitrogen and oxygen atoms in total. The van der Waals surface area contributed by atoms with Gasteiger partial charge in [-0.1, -0.05) is 30.3 Å². The molecule has 2 saturated heterocycles. The van der Waals surface area contributed by atoms with Crippen LogP contribution in [-0.2, 0) is 0 Å². The van der Waals surface area contributed by atoms with Crippen LogP contribution >= 0.6 is 0 Å². The predicted molar refractivity (Wildman–Crippen MR) is 89.7 cm³/mol. The second kappa shape index (κ2) is 5.13. The summed E-state index contributed by atoms with van der Waals surface area (Å²) in [6.45, 7) is 10.7. The number of carbonyl (C=O) groups is 1. The predicted octanol–water partition coefficient (Wildman–Crippen LogP) is 3.20. The Kier molecular flexibility index (Phi) is 3.09. The van der Waals surface area contributed by atoms with E-state index in [1.54, 1.807) is 0 Å². The summed E-state index contributed by atoms with van der Waals surface area (Å²) in [6.07, 6.45) is 0. The van der Waals surface area contributed by atoms with Gasteiger partial charge in [-0.25, -0.2) is 4.85 Å². The molecule has 0 atom stereocenters. The van der Waals surface area contributed by atoms with Crippen LogP contribution < -0.4 is 4.90 Å². The maximum absolute atomic E-state index is 12.4. The first-order chi connectivity index (χ1) is 11.2. The fourth-order valence-electron chi connectivity index (χ4n) is 3.55. The third-order valence-corrected chi connectivity index (χ3v) is 4.76. The van der Waals surface area contributed by atoms with Gasteiger partial charge in [0.25, 0.3) is 5.91 Å². The molecule has 0 aromatic heterocycles. The first-order valence-electron chi connectivity index (χ1n) is 7.76. The molecule has 2 aliphatic heterocycles. The Morgan fingerprint density at radius 2 is 1.61 bits per heavy atom. The largest absolute Gasteiger partial charge is 0.370 e. The number of benzene rings is 2. The second-order valence-corrected chi connectivity index (χ2v) is 6.51. The van der Waals surface area contributed by atoms with Crippen molar-refractivity contribution >= 4 is 17.3 Å². The number of anilines is 1. The van der Waals surface area contributed by atoms with Crippen molar-refractivity contribution in [2.24, 2.45) is 5.41 Å². The molecule has 2 aliphatic rings. The van der Waals surface area contributed by atoms with Gasteiger partial charge in [0.1, 0.15) is 0 Å². The summed E-state index contributed by atoms with van der Waals surface area (Å²) in [4.78, 5) is 20.0. The van der Waals surface area contributed by atoms with Gasteiger partial charge < -0.3 is 9.80 Å². The van der Waals surface area contributed by atoms with Gasteiger partial charge in [-0.2, -0.15) is 0 Å². The Labute approximate surface area is 135 Å². The van der Waals surface area contributed by atoms with E-state index in [4.69, 9.17) is 6.57 Å². The second-order valence-electron chi connectivity index (χ2n) is 6.51. The van der Waals surface area contributed by atoms with E-state index in [-0.39, 0.29) is 11.3 Å². The molecule has 0 N–H and O–H groups in total. The molecule has 2 fully saturated rings. The molecule has 1 amide bonds. The number of likely N-dealkylation sites (tertiary alicyclic amines) is 1. The smallest absolute Gasteiger partial charge is 0.253 e. The van der Waals surface area contributed by atoms with Gasteiger partial charge in [0.05, 0.1) is 6.57 Å². The first kappa shape index (κ1) is 13.8. The zero-order chi connectivity index (χ0) is 15.9. The Morgan fingerprint density at radius 3 is 2.22 bits per heavy atom. The quantitative estimate of drug-likeness (QED) is 0.797. The van der Waals surface area contributed by atoms with Crippen molar-refractivity contribution in [1.82, 2.24) is 4.90 Å². The third-order valence-electron chi connectivity index (χ3n) is 4.76.